The lowest BCUT2D eigenvalue weighted by Gasteiger charge is -2.14. The van der Waals surface area contributed by atoms with Gasteiger partial charge in [-0.15, -0.1) is 0 Å². The van der Waals surface area contributed by atoms with Gasteiger partial charge < -0.3 is 25.3 Å². The Balaban J connectivity index is 1.70. The Bertz CT molecular complexity index is 1500. The third-order valence-electron chi connectivity index (χ3n) is 6.40. The van der Waals surface area contributed by atoms with E-state index in [0.29, 0.717) is 34.2 Å². The van der Waals surface area contributed by atoms with Crippen molar-refractivity contribution >= 4 is 29.1 Å². The molecule has 9 heteroatoms. The van der Waals surface area contributed by atoms with E-state index in [-0.39, 0.29) is 17.4 Å². The molecular formula is C33H36N4O5. The summed E-state index contributed by atoms with van der Waals surface area (Å²) in [6, 6.07) is 15.7. The molecule has 0 fully saturated rings. The van der Waals surface area contributed by atoms with Crippen LogP contribution in [0.15, 0.2) is 96.5 Å². The number of benzene rings is 3. The lowest BCUT2D eigenvalue weighted by Crippen LogP contribution is -2.36. The summed E-state index contributed by atoms with van der Waals surface area (Å²) in [6.45, 7) is 9.42. The number of amides is 2. The molecule has 0 bridgehead atoms. The van der Waals surface area contributed by atoms with Crippen molar-refractivity contribution in [2.24, 2.45) is 10.7 Å². The molecule has 0 atom stereocenters. The lowest BCUT2D eigenvalue weighted by molar-refractivity contribution is 0.0974. The van der Waals surface area contributed by atoms with Crippen LogP contribution >= 0.6 is 0 Å². The Kier molecular flexibility index (Phi) is 11.1. The second-order valence-electron chi connectivity index (χ2n) is 9.20. The Labute approximate surface area is 246 Å². The molecule has 0 unspecified atom stereocenters. The number of allylic oxidation sites excluding steroid dienone is 4. The van der Waals surface area contributed by atoms with Crippen LogP contribution in [0, 0.1) is 6.92 Å². The fraction of sp³-hybridized carbons (Fsp3) is 0.182. The van der Waals surface area contributed by atoms with Crippen LogP contribution in [-0.2, 0) is 6.42 Å². The maximum absolute atomic E-state index is 13.0. The Morgan fingerprint density at radius 2 is 1.57 bits per heavy atom. The summed E-state index contributed by atoms with van der Waals surface area (Å²) >= 11 is 0. The van der Waals surface area contributed by atoms with Gasteiger partial charge in [0.05, 0.1) is 27.0 Å². The van der Waals surface area contributed by atoms with Gasteiger partial charge in [-0.25, -0.2) is 4.99 Å². The minimum atomic E-state index is -0.517. The van der Waals surface area contributed by atoms with E-state index in [1.807, 2.05) is 31.2 Å². The fourth-order valence-electron chi connectivity index (χ4n) is 4.09. The van der Waals surface area contributed by atoms with Crippen molar-refractivity contribution < 1.29 is 23.8 Å². The predicted octanol–water partition coefficient (Wildman–Crippen LogP) is 5.88. The van der Waals surface area contributed by atoms with Crippen LogP contribution in [0.2, 0.25) is 0 Å². The highest BCUT2D eigenvalue weighted by molar-refractivity contribution is 6.07. The second-order valence-corrected chi connectivity index (χ2v) is 9.20. The zero-order valence-electron chi connectivity index (χ0n) is 24.3. The third kappa shape index (κ3) is 8.11. The minimum absolute atomic E-state index is 0.131. The number of rotatable bonds is 12. The third-order valence-corrected chi connectivity index (χ3v) is 6.40. The first kappa shape index (κ1) is 31.2. The van der Waals surface area contributed by atoms with Crippen LogP contribution in [0.5, 0.6) is 17.2 Å². The zero-order chi connectivity index (χ0) is 30.6. The van der Waals surface area contributed by atoms with Crippen LogP contribution in [0.3, 0.4) is 0 Å². The van der Waals surface area contributed by atoms with Gasteiger partial charge in [0, 0.05) is 16.8 Å². The highest BCUT2D eigenvalue weighted by atomic mass is 16.5. The second kappa shape index (κ2) is 14.9. The molecule has 9 nitrogen and oxygen atoms in total. The molecule has 2 amide bonds. The molecule has 218 valence electrons. The molecule has 0 radical (unpaired) electrons. The number of carbonyl (C=O) groups excluding carboxylic acids is 2. The minimum Gasteiger partial charge on any atom is -0.493 e. The molecule has 0 aliphatic heterocycles. The van der Waals surface area contributed by atoms with Gasteiger partial charge >= 0.3 is 0 Å². The number of carbonyl (C=O) groups is 2. The first-order valence-electron chi connectivity index (χ1n) is 13.1. The van der Waals surface area contributed by atoms with E-state index in [4.69, 9.17) is 19.9 Å². The van der Waals surface area contributed by atoms with Gasteiger partial charge in [0.2, 0.25) is 11.7 Å². The number of nitrogens with zero attached hydrogens (tertiary/aromatic N) is 1. The van der Waals surface area contributed by atoms with Gasteiger partial charge in [-0.2, -0.15) is 0 Å². The Morgan fingerprint density at radius 3 is 2.14 bits per heavy atom. The number of anilines is 1. The van der Waals surface area contributed by atoms with E-state index in [2.05, 4.69) is 28.8 Å². The molecular weight excluding hydrogens is 532 g/mol. The number of hydrogen-bond donors (Lipinski definition) is 3. The van der Waals surface area contributed by atoms with E-state index in [1.54, 1.807) is 36.4 Å². The van der Waals surface area contributed by atoms with Crippen molar-refractivity contribution in [3.63, 3.8) is 0 Å². The molecule has 42 heavy (non-hydrogen) atoms. The van der Waals surface area contributed by atoms with E-state index in [0.717, 1.165) is 29.5 Å². The van der Waals surface area contributed by atoms with Crippen molar-refractivity contribution in [2.75, 3.05) is 26.6 Å². The standard InChI is InChI=1S/C33H36N4O5/c1-7-9-22(8-2)11-12-23-13-15-24(16-14-23)31(38)36-27-20-26(17-10-21(27)3)35-33(34)37-32(39)25-18-28(40-4)30(42-6)29(19-25)41-5/h7-10,13-20H,1-2,11-12H2,3-6H3,(H,36,38)(H3,34,35,37,39)/b22-9+. The lowest BCUT2D eigenvalue weighted by atomic mass is 10.0. The number of aliphatic imine (C=N–C) groups is 1. The highest BCUT2D eigenvalue weighted by Crippen LogP contribution is 2.38. The van der Waals surface area contributed by atoms with Crippen LogP contribution in [0.25, 0.3) is 0 Å². The van der Waals surface area contributed by atoms with Gasteiger partial charge in [-0.3, -0.25) is 14.9 Å². The maximum Gasteiger partial charge on any atom is 0.258 e. The van der Waals surface area contributed by atoms with Crippen molar-refractivity contribution in [1.29, 1.82) is 0 Å². The molecule has 0 saturated carbocycles. The zero-order valence-corrected chi connectivity index (χ0v) is 24.3. The van der Waals surface area contributed by atoms with E-state index in [9.17, 15) is 9.59 Å². The molecule has 4 N–H and O–H groups in total. The van der Waals surface area contributed by atoms with Crippen LogP contribution in [0.4, 0.5) is 11.4 Å². The van der Waals surface area contributed by atoms with Gasteiger partial charge in [0.1, 0.15) is 0 Å². The fourth-order valence-corrected chi connectivity index (χ4v) is 4.09. The molecule has 0 aromatic heterocycles. The average Bonchev–Trinajstić information content (AvgIpc) is 3.00. The number of ether oxygens (including phenoxy) is 3. The number of aryl methyl sites for hydroxylation is 2. The Morgan fingerprint density at radius 1 is 0.905 bits per heavy atom. The summed E-state index contributed by atoms with van der Waals surface area (Å²) < 4.78 is 15.9. The smallest absolute Gasteiger partial charge is 0.258 e. The van der Waals surface area contributed by atoms with Crippen LogP contribution in [0.1, 0.15) is 38.3 Å². The van der Waals surface area contributed by atoms with Gasteiger partial charge in [0.15, 0.2) is 11.5 Å². The van der Waals surface area contributed by atoms with Crippen molar-refractivity contribution in [1.82, 2.24) is 5.32 Å². The van der Waals surface area contributed by atoms with Crippen LogP contribution in [-0.4, -0.2) is 39.1 Å². The number of hydrogen-bond acceptors (Lipinski definition) is 6. The normalized spacial score (nSPS) is 11.3. The first-order valence-corrected chi connectivity index (χ1v) is 13.1. The van der Waals surface area contributed by atoms with Crippen molar-refractivity contribution in [3.05, 3.63) is 114 Å². The van der Waals surface area contributed by atoms with E-state index >= 15 is 0 Å². The molecule has 0 spiro atoms. The van der Waals surface area contributed by atoms with Crippen LogP contribution < -0.4 is 30.6 Å². The first-order chi connectivity index (χ1) is 20.2. The molecule has 0 aliphatic rings. The number of nitrogens with two attached hydrogens (primary N) is 1. The van der Waals surface area contributed by atoms with Gasteiger partial charge in [-0.1, -0.05) is 49.6 Å². The molecule has 0 heterocycles. The molecule has 3 rings (SSSR count). The van der Waals surface area contributed by atoms with Crippen molar-refractivity contribution in [2.45, 2.75) is 19.8 Å². The summed E-state index contributed by atoms with van der Waals surface area (Å²) in [5.41, 5.74) is 10.9. The number of guanidine groups is 1. The quantitative estimate of drug-likeness (QED) is 0.142. The molecule has 3 aromatic carbocycles. The highest BCUT2D eigenvalue weighted by Gasteiger charge is 2.17. The molecule has 3 aromatic rings. The number of nitrogens with one attached hydrogen (secondary N) is 2. The Hall–Kier alpha value is -5.31. The van der Waals surface area contributed by atoms with Gasteiger partial charge in [0.25, 0.3) is 11.8 Å². The molecule has 0 aliphatic carbocycles. The van der Waals surface area contributed by atoms with Gasteiger partial charge in [-0.05, 0) is 72.9 Å². The van der Waals surface area contributed by atoms with Crippen molar-refractivity contribution in [3.8, 4) is 17.2 Å². The summed E-state index contributed by atoms with van der Waals surface area (Å²) in [4.78, 5) is 30.1. The maximum atomic E-state index is 13.0. The van der Waals surface area contributed by atoms with E-state index in [1.165, 1.54) is 33.5 Å². The molecule has 0 saturated heterocycles. The monoisotopic (exact) mass is 568 g/mol. The average molecular weight is 569 g/mol. The largest absolute Gasteiger partial charge is 0.493 e. The summed E-state index contributed by atoms with van der Waals surface area (Å²) in [6.07, 6.45) is 7.16. The topological polar surface area (TPSA) is 124 Å². The summed E-state index contributed by atoms with van der Waals surface area (Å²) in [5, 5.41) is 5.48. The van der Waals surface area contributed by atoms with E-state index < -0.39 is 5.91 Å². The predicted molar refractivity (Wildman–Crippen MR) is 167 cm³/mol. The summed E-state index contributed by atoms with van der Waals surface area (Å²) in [7, 11) is 4.39. The number of methoxy groups -OCH3 is 3. The summed E-state index contributed by atoms with van der Waals surface area (Å²) in [5.74, 6) is 0.113. The SMILES string of the molecule is C=C/C=C(\C=C)CCc1ccc(C(=O)Nc2cc(N=C(N)NC(=O)c3cc(OC)c(OC)c(OC)c3)ccc2C)cc1.